The van der Waals surface area contributed by atoms with Crippen LogP contribution in [-0.4, -0.2) is 50.0 Å². The molecule has 0 bridgehead atoms. The van der Waals surface area contributed by atoms with Gasteiger partial charge in [-0.05, 0) is 43.4 Å². The maximum absolute atomic E-state index is 11.9. The van der Waals surface area contributed by atoms with Crippen molar-refractivity contribution < 1.29 is 9.53 Å². The average molecular weight is 339 g/mol. The number of carbonyl (C=O) groups excluding carboxylic acids is 1. The maximum atomic E-state index is 11.9. The molecule has 7 nitrogen and oxygen atoms in total. The van der Waals surface area contributed by atoms with Crippen molar-refractivity contribution in [1.29, 1.82) is 0 Å². The second-order valence-electron chi connectivity index (χ2n) is 6.25. The summed E-state index contributed by atoms with van der Waals surface area (Å²) in [6.07, 6.45) is 7.20. The molecule has 1 fully saturated rings. The molecular weight excluding hydrogens is 318 g/mol. The highest BCUT2D eigenvalue weighted by atomic mass is 16.6. The van der Waals surface area contributed by atoms with E-state index in [-0.39, 0.29) is 6.09 Å². The molecule has 1 aliphatic heterocycles. The highest BCUT2D eigenvalue weighted by molar-refractivity contribution is 5.82. The Labute approximate surface area is 145 Å². The smallest absolute Gasteiger partial charge is 0.409 e. The molecule has 1 amide bonds. The molecular formula is C18H21N5O2. The SMILES string of the molecule is CCOC(=O)N1CCC(n2ccc3ccc(-n4cnnc4)cc32)CC1. The number of rotatable bonds is 3. The molecule has 7 heteroatoms. The van der Waals surface area contributed by atoms with E-state index in [1.807, 2.05) is 11.5 Å². The first kappa shape index (κ1) is 15.7. The summed E-state index contributed by atoms with van der Waals surface area (Å²) in [4.78, 5) is 13.7. The predicted octanol–water partition coefficient (Wildman–Crippen LogP) is 3.02. The van der Waals surface area contributed by atoms with Gasteiger partial charge in [0, 0.05) is 25.3 Å². The van der Waals surface area contributed by atoms with Gasteiger partial charge in [-0.25, -0.2) is 4.79 Å². The summed E-state index contributed by atoms with van der Waals surface area (Å²) >= 11 is 0. The van der Waals surface area contributed by atoms with Crippen LogP contribution in [0.3, 0.4) is 0 Å². The first-order valence-corrected chi connectivity index (χ1v) is 8.63. The molecule has 3 heterocycles. The van der Waals surface area contributed by atoms with Crippen molar-refractivity contribution in [2.45, 2.75) is 25.8 Å². The summed E-state index contributed by atoms with van der Waals surface area (Å²) in [5, 5.41) is 8.96. The van der Waals surface area contributed by atoms with E-state index in [2.05, 4.69) is 45.2 Å². The van der Waals surface area contributed by atoms with Crippen molar-refractivity contribution in [2.75, 3.05) is 19.7 Å². The summed E-state index contributed by atoms with van der Waals surface area (Å²) in [5.74, 6) is 0. The van der Waals surface area contributed by atoms with Crippen molar-refractivity contribution in [3.8, 4) is 5.69 Å². The van der Waals surface area contributed by atoms with Gasteiger partial charge in [-0.15, -0.1) is 10.2 Å². The molecule has 1 aliphatic rings. The third kappa shape index (κ3) is 2.97. The zero-order valence-electron chi connectivity index (χ0n) is 14.2. The van der Waals surface area contributed by atoms with E-state index in [0.29, 0.717) is 12.6 Å². The van der Waals surface area contributed by atoms with Crippen LogP contribution in [0.1, 0.15) is 25.8 Å². The zero-order valence-corrected chi connectivity index (χ0v) is 14.2. The van der Waals surface area contributed by atoms with Crippen molar-refractivity contribution in [3.63, 3.8) is 0 Å². The van der Waals surface area contributed by atoms with Crippen LogP contribution in [0.5, 0.6) is 0 Å². The van der Waals surface area contributed by atoms with Crippen molar-refractivity contribution in [1.82, 2.24) is 24.2 Å². The van der Waals surface area contributed by atoms with Gasteiger partial charge in [-0.2, -0.15) is 0 Å². The summed E-state index contributed by atoms with van der Waals surface area (Å²) in [5.41, 5.74) is 2.24. The van der Waals surface area contributed by atoms with E-state index in [4.69, 9.17) is 4.74 Å². The Balaban J connectivity index is 1.56. The van der Waals surface area contributed by atoms with E-state index in [1.54, 1.807) is 17.6 Å². The topological polar surface area (TPSA) is 65.2 Å². The van der Waals surface area contributed by atoms with Crippen LogP contribution >= 0.6 is 0 Å². The van der Waals surface area contributed by atoms with Gasteiger partial charge < -0.3 is 14.2 Å². The van der Waals surface area contributed by atoms with Crippen LogP contribution < -0.4 is 0 Å². The van der Waals surface area contributed by atoms with Gasteiger partial charge in [0.15, 0.2) is 0 Å². The number of amides is 1. The number of nitrogens with zero attached hydrogens (tertiary/aromatic N) is 5. The Morgan fingerprint density at radius 1 is 1.20 bits per heavy atom. The number of aromatic nitrogens is 4. The Bertz CT molecular complexity index is 863. The monoisotopic (exact) mass is 339 g/mol. The van der Waals surface area contributed by atoms with Gasteiger partial charge >= 0.3 is 6.09 Å². The summed E-state index contributed by atoms with van der Waals surface area (Å²) < 4.78 is 9.33. The minimum absolute atomic E-state index is 0.201. The molecule has 0 N–H and O–H groups in total. The molecule has 130 valence electrons. The third-order valence-corrected chi connectivity index (χ3v) is 4.81. The second-order valence-corrected chi connectivity index (χ2v) is 6.25. The largest absolute Gasteiger partial charge is 0.450 e. The molecule has 0 aliphatic carbocycles. The first-order valence-electron chi connectivity index (χ1n) is 8.63. The van der Waals surface area contributed by atoms with E-state index >= 15 is 0 Å². The lowest BCUT2D eigenvalue weighted by molar-refractivity contribution is 0.0930. The highest BCUT2D eigenvalue weighted by Gasteiger charge is 2.25. The van der Waals surface area contributed by atoms with Gasteiger partial charge in [0.1, 0.15) is 12.7 Å². The number of fused-ring (bicyclic) bond motifs is 1. The lowest BCUT2D eigenvalue weighted by Crippen LogP contribution is -2.39. The van der Waals surface area contributed by atoms with Gasteiger partial charge in [-0.3, -0.25) is 4.57 Å². The Morgan fingerprint density at radius 3 is 2.68 bits per heavy atom. The van der Waals surface area contributed by atoms with Crippen LogP contribution in [-0.2, 0) is 4.74 Å². The lowest BCUT2D eigenvalue weighted by atomic mass is 10.0. The summed E-state index contributed by atoms with van der Waals surface area (Å²) in [7, 11) is 0. The van der Waals surface area contributed by atoms with Gasteiger partial charge in [0.25, 0.3) is 0 Å². The molecule has 0 atom stereocenters. The van der Waals surface area contributed by atoms with Gasteiger partial charge in [0.05, 0.1) is 17.8 Å². The fourth-order valence-electron chi connectivity index (χ4n) is 3.49. The van der Waals surface area contributed by atoms with Crippen LogP contribution in [0.25, 0.3) is 16.6 Å². The number of ether oxygens (including phenoxy) is 1. The van der Waals surface area contributed by atoms with Crippen LogP contribution in [0.2, 0.25) is 0 Å². The van der Waals surface area contributed by atoms with Crippen molar-refractivity contribution in [2.24, 2.45) is 0 Å². The molecule has 2 aromatic heterocycles. The van der Waals surface area contributed by atoms with Crippen LogP contribution in [0.4, 0.5) is 4.79 Å². The first-order chi connectivity index (χ1) is 12.3. The number of carbonyl (C=O) groups is 1. The highest BCUT2D eigenvalue weighted by Crippen LogP contribution is 2.29. The predicted molar refractivity (Wildman–Crippen MR) is 93.7 cm³/mol. The van der Waals surface area contributed by atoms with E-state index in [9.17, 15) is 4.79 Å². The van der Waals surface area contributed by atoms with Gasteiger partial charge in [0.2, 0.25) is 0 Å². The molecule has 3 aromatic rings. The number of benzene rings is 1. The standard InChI is InChI=1S/C18H21N5O2/c1-2-25-18(24)21-8-6-15(7-9-21)23-10-5-14-3-4-16(11-17(14)23)22-12-19-20-13-22/h3-5,10-13,15H,2,6-9H2,1H3. The molecule has 25 heavy (non-hydrogen) atoms. The van der Waals surface area contributed by atoms with Crippen LogP contribution in [0, 0.1) is 0 Å². The lowest BCUT2D eigenvalue weighted by Gasteiger charge is -2.32. The van der Waals surface area contributed by atoms with E-state index in [0.717, 1.165) is 31.6 Å². The number of hydrogen-bond acceptors (Lipinski definition) is 4. The molecule has 0 unspecified atom stereocenters. The number of piperidine rings is 1. The van der Waals surface area contributed by atoms with E-state index < -0.39 is 0 Å². The molecule has 0 radical (unpaired) electrons. The summed E-state index contributed by atoms with van der Waals surface area (Å²) in [6, 6.07) is 8.88. The molecule has 0 spiro atoms. The number of likely N-dealkylation sites (tertiary alicyclic amines) is 1. The minimum Gasteiger partial charge on any atom is -0.450 e. The Morgan fingerprint density at radius 2 is 1.96 bits per heavy atom. The molecule has 1 saturated heterocycles. The quantitative estimate of drug-likeness (QED) is 0.736. The Hall–Kier alpha value is -2.83. The third-order valence-electron chi connectivity index (χ3n) is 4.81. The van der Waals surface area contributed by atoms with Gasteiger partial charge in [-0.1, -0.05) is 6.07 Å². The fraction of sp³-hybridized carbons (Fsp3) is 0.389. The van der Waals surface area contributed by atoms with E-state index in [1.165, 1.54) is 10.9 Å². The molecule has 0 saturated carbocycles. The average Bonchev–Trinajstić information content (AvgIpc) is 3.31. The van der Waals surface area contributed by atoms with Crippen molar-refractivity contribution >= 4 is 17.0 Å². The Kier molecular flexibility index (Phi) is 4.13. The summed E-state index contributed by atoms with van der Waals surface area (Å²) in [6.45, 7) is 3.72. The second kappa shape index (κ2) is 6.58. The molecule has 1 aromatic carbocycles. The minimum atomic E-state index is -0.201. The maximum Gasteiger partial charge on any atom is 0.409 e. The molecule has 4 rings (SSSR count). The normalized spacial score (nSPS) is 15.6. The zero-order chi connectivity index (χ0) is 17.2. The van der Waals surface area contributed by atoms with Crippen LogP contribution in [0.15, 0.2) is 43.1 Å². The number of hydrogen-bond donors (Lipinski definition) is 0. The fourth-order valence-corrected chi connectivity index (χ4v) is 3.49. The van der Waals surface area contributed by atoms with Crippen molar-refractivity contribution in [3.05, 3.63) is 43.1 Å².